The van der Waals surface area contributed by atoms with Crippen molar-refractivity contribution in [1.82, 2.24) is 0 Å². The van der Waals surface area contributed by atoms with Crippen molar-refractivity contribution in [1.29, 1.82) is 0 Å². The minimum atomic E-state index is -1.01. The monoisotopic (exact) mass is 390 g/mol. The van der Waals surface area contributed by atoms with Crippen molar-refractivity contribution in [3.8, 4) is 0 Å². The first-order valence-corrected chi connectivity index (χ1v) is 9.94. The number of esters is 1. The summed E-state index contributed by atoms with van der Waals surface area (Å²) in [7, 11) is 0. The molecule has 6 nitrogen and oxygen atoms in total. The van der Waals surface area contributed by atoms with Gasteiger partial charge in [0, 0.05) is 18.3 Å². The van der Waals surface area contributed by atoms with Crippen molar-refractivity contribution in [3.63, 3.8) is 0 Å². The number of aliphatic hydroxyl groups is 2. The normalized spacial score (nSPS) is 25.7. The minimum Gasteiger partial charge on any atom is -0.481 e. The number of benzene rings is 1. The SMILES string of the molecule is CCCCC[C@H](O)C=C[C@@H]1[C@@H](CC(=O)O)[C@@H](O)C[C@H]1OC(=O)c1ccccc1. The number of carbonyl (C=O) groups excluding carboxylic acids is 1. The van der Waals surface area contributed by atoms with Crippen LogP contribution in [0.15, 0.2) is 42.5 Å². The first-order valence-electron chi connectivity index (χ1n) is 9.94. The van der Waals surface area contributed by atoms with Crippen molar-refractivity contribution in [2.24, 2.45) is 11.8 Å². The number of hydrogen-bond donors (Lipinski definition) is 3. The molecular formula is C22H30O6. The highest BCUT2D eigenvalue weighted by atomic mass is 16.5. The first-order chi connectivity index (χ1) is 13.4. The van der Waals surface area contributed by atoms with Gasteiger partial charge in [-0.3, -0.25) is 4.79 Å². The zero-order valence-electron chi connectivity index (χ0n) is 16.2. The lowest BCUT2D eigenvalue weighted by atomic mass is 9.89. The highest BCUT2D eigenvalue weighted by Crippen LogP contribution is 2.38. The molecule has 154 valence electrons. The second kappa shape index (κ2) is 11.0. The Bertz CT molecular complexity index is 656. The van der Waals surface area contributed by atoms with Crippen molar-refractivity contribution in [2.45, 2.75) is 63.8 Å². The van der Waals surface area contributed by atoms with Crippen LogP contribution in [0.1, 0.15) is 55.8 Å². The van der Waals surface area contributed by atoms with E-state index in [0.29, 0.717) is 12.0 Å². The van der Waals surface area contributed by atoms with Crippen LogP contribution in [0.3, 0.4) is 0 Å². The fraction of sp³-hybridized carbons (Fsp3) is 0.545. The number of carboxylic acid groups (broad SMARTS) is 1. The highest BCUT2D eigenvalue weighted by Gasteiger charge is 2.44. The second-order valence-corrected chi connectivity index (χ2v) is 7.40. The summed E-state index contributed by atoms with van der Waals surface area (Å²) in [6, 6.07) is 8.55. The van der Waals surface area contributed by atoms with Crippen LogP contribution in [0.25, 0.3) is 0 Å². The fourth-order valence-electron chi connectivity index (χ4n) is 3.71. The Labute approximate surface area is 165 Å². The van der Waals surface area contributed by atoms with Gasteiger partial charge in [0.25, 0.3) is 0 Å². The van der Waals surface area contributed by atoms with Gasteiger partial charge in [0.05, 0.1) is 24.2 Å². The molecule has 1 aromatic carbocycles. The molecule has 0 saturated heterocycles. The molecule has 1 aliphatic carbocycles. The Morgan fingerprint density at radius 3 is 2.61 bits per heavy atom. The Morgan fingerprint density at radius 2 is 1.96 bits per heavy atom. The van der Waals surface area contributed by atoms with Crippen LogP contribution in [-0.2, 0) is 9.53 Å². The lowest BCUT2D eigenvalue weighted by molar-refractivity contribution is -0.139. The van der Waals surface area contributed by atoms with E-state index in [9.17, 15) is 24.9 Å². The summed E-state index contributed by atoms with van der Waals surface area (Å²) in [5, 5.41) is 29.7. The van der Waals surface area contributed by atoms with E-state index in [1.165, 1.54) is 0 Å². The second-order valence-electron chi connectivity index (χ2n) is 7.40. The van der Waals surface area contributed by atoms with Gasteiger partial charge >= 0.3 is 11.9 Å². The number of rotatable bonds is 10. The van der Waals surface area contributed by atoms with Gasteiger partial charge in [0.2, 0.25) is 0 Å². The number of ether oxygens (including phenoxy) is 1. The van der Waals surface area contributed by atoms with Crippen LogP contribution < -0.4 is 0 Å². The molecule has 0 unspecified atom stereocenters. The molecule has 0 aromatic heterocycles. The average molecular weight is 390 g/mol. The van der Waals surface area contributed by atoms with Gasteiger partial charge in [-0.05, 0) is 18.6 Å². The molecule has 5 atom stereocenters. The van der Waals surface area contributed by atoms with E-state index in [-0.39, 0.29) is 12.8 Å². The molecule has 1 aromatic rings. The van der Waals surface area contributed by atoms with Gasteiger partial charge in [-0.2, -0.15) is 0 Å². The van der Waals surface area contributed by atoms with E-state index >= 15 is 0 Å². The predicted octanol–water partition coefficient (Wildman–Crippen LogP) is 3.18. The maximum absolute atomic E-state index is 12.4. The summed E-state index contributed by atoms with van der Waals surface area (Å²) in [6.07, 6.45) is 4.77. The van der Waals surface area contributed by atoms with Crippen molar-refractivity contribution in [3.05, 3.63) is 48.0 Å². The van der Waals surface area contributed by atoms with Gasteiger partial charge in [-0.1, -0.05) is 56.5 Å². The molecule has 0 amide bonds. The molecule has 6 heteroatoms. The number of unbranched alkanes of at least 4 members (excludes halogenated alkanes) is 2. The van der Waals surface area contributed by atoms with Gasteiger partial charge in [0.1, 0.15) is 6.10 Å². The minimum absolute atomic E-state index is 0.178. The third kappa shape index (κ3) is 6.46. The van der Waals surface area contributed by atoms with E-state index in [0.717, 1.165) is 19.3 Å². The average Bonchev–Trinajstić information content (AvgIpc) is 2.95. The van der Waals surface area contributed by atoms with Crippen LogP contribution in [0, 0.1) is 11.8 Å². The Balaban J connectivity index is 2.10. The van der Waals surface area contributed by atoms with Crippen LogP contribution in [0.5, 0.6) is 0 Å². The molecule has 0 spiro atoms. The molecule has 1 fully saturated rings. The van der Waals surface area contributed by atoms with Gasteiger partial charge in [-0.15, -0.1) is 0 Å². The summed E-state index contributed by atoms with van der Waals surface area (Å²) in [6.45, 7) is 2.09. The molecule has 2 rings (SSSR count). The summed E-state index contributed by atoms with van der Waals surface area (Å²) < 4.78 is 5.60. The molecule has 1 saturated carbocycles. The molecule has 28 heavy (non-hydrogen) atoms. The molecule has 0 radical (unpaired) electrons. The largest absolute Gasteiger partial charge is 0.481 e. The van der Waals surface area contributed by atoms with E-state index in [1.807, 2.05) is 0 Å². The Morgan fingerprint density at radius 1 is 1.25 bits per heavy atom. The molecule has 0 bridgehead atoms. The molecule has 1 aliphatic rings. The third-order valence-corrected chi connectivity index (χ3v) is 5.23. The Hall–Kier alpha value is -2.18. The number of aliphatic carboxylic acids is 1. The quantitative estimate of drug-likeness (QED) is 0.322. The van der Waals surface area contributed by atoms with Crippen LogP contribution in [0.2, 0.25) is 0 Å². The van der Waals surface area contributed by atoms with Gasteiger partial charge < -0.3 is 20.1 Å². The summed E-state index contributed by atoms with van der Waals surface area (Å²) in [5.41, 5.74) is 0.404. The maximum Gasteiger partial charge on any atom is 0.338 e. The molecule has 0 heterocycles. The number of aliphatic hydroxyl groups excluding tert-OH is 2. The standard InChI is InChI=1S/C22H30O6/c1-2-3-5-10-16(23)11-12-17-18(13-21(25)26)19(24)14-20(17)28-22(27)15-8-6-4-7-9-15/h4,6-9,11-12,16-20,23-24H,2-3,5,10,13-14H2,1H3,(H,25,26)/t16-,17+,18+,19-,20+/m0/s1. The molecule has 3 N–H and O–H groups in total. The van der Waals surface area contributed by atoms with E-state index in [2.05, 4.69) is 6.92 Å². The molecule has 0 aliphatic heterocycles. The number of hydrogen-bond acceptors (Lipinski definition) is 5. The van der Waals surface area contributed by atoms with E-state index in [1.54, 1.807) is 42.5 Å². The molecular weight excluding hydrogens is 360 g/mol. The van der Waals surface area contributed by atoms with Crippen molar-refractivity contribution >= 4 is 11.9 Å². The van der Waals surface area contributed by atoms with Crippen molar-refractivity contribution < 1.29 is 29.6 Å². The lowest BCUT2D eigenvalue weighted by Gasteiger charge is -2.22. The fourth-order valence-corrected chi connectivity index (χ4v) is 3.71. The zero-order chi connectivity index (χ0) is 20.5. The summed E-state index contributed by atoms with van der Waals surface area (Å²) in [4.78, 5) is 23.6. The first kappa shape index (κ1) is 22.1. The predicted molar refractivity (Wildman–Crippen MR) is 105 cm³/mol. The zero-order valence-corrected chi connectivity index (χ0v) is 16.2. The van der Waals surface area contributed by atoms with Crippen molar-refractivity contribution in [2.75, 3.05) is 0 Å². The van der Waals surface area contributed by atoms with E-state index < -0.39 is 42.1 Å². The summed E-state index contributed by atoms with van der Waals surface area (Å²) in [5.74, 6) is -2.54. The van der Waals surface area contributed by atoms with Gasteiger partial charge in [0.15, 0.2) is 0 Å². The summed E-state index contributed by atoms with van der Waals surface area (Å²) >= 11 is 0. The number of carboxylic acids is 1. The van der Waals surface area contributed by atoms with E-state index in [4.69, 9.17) is 4.74 Å². The number of carbonyl (C=O) groups is 2. The topological polar surface area (TPSA) is 104 Å². The Kier molecular flexibility index (Phi) is 8.67. The third-order valence-electron chi connectivity index (χ3n) is 5.23. The van der Waals surface area contributed by atoms with Crippen LogP contribution in [0.4, 0.5) is 0 Å². The smallest absolute Gasteiger partial charge is 0.338 e. The highest BCUT2D eigenvalue weighted by molar-refractivity contribution is 5.89. The lowest BCUT2D eigenvalue weighted by Crippen LogP contribution is -2.26. The van der Waals surface area contributed by atoms with Crippen LogP contribution >= 0.6 is 0 Å². The maximum atomic E-state index is 12.4. The van der Waals surface area contributed by atoms with Gasteiger partial charge in [-0.25, -0.2) is 4.79 Å². The van der Waals surface area contributed by atoms with Crippen LogP contribution in [-0.4, -0.2) is 45.6 Å².